The fourth-order valence-corrected chi connectivity index (χ4v) is 7.95. The molecule has 348 valence electrons. The van der Waals surface area contributed by atoms with Crippen molar-refractivity contribution in [2.45, 2.75) is 55.1 Å². The highest BCUT2D eigenvalue weighted by molar-refractivity contribution is 7.82. The molecule has 0 aromatic carbocycles. The van der Waals surface area contributed by atoms with Crippen LogP contribution in [0.2, 0.25) is 0 Å². The molecule has 9 N–H and O–H groups in total. The average Bonchev–Trinajstić information content (AvgIpc) is 2.92. The molecule has 37 nitrogen and oxygen atoms in total. The van der Waals surface area contributed by atoms with Crippen molar-refractivity contribution in [3.8, 4) is 0 Å². The summed E-state index contributed by atoms with van der Waals surface area (Å²) < 4.78 is 325. The lowest BCUT2D eigenvalue weighted by molar-refractivity contribution is -0.291. The van der Waals surface area contributed by atoms with Crippen molar-refractivity contribution in [1.82, 2.24) is 0 Å². The molecule has 10 atom stereocenters. The van der Waals surface area contributed by atoms with Crippen molar-refractivity contribution in [2.24, 2.45) is 0 Å². The van der Waals surface area contributed by atoms with Gasteiger partial charge in [-0.1, -0.05) is 0 Å². The number of rotatable bonds is 26. The SMILES string of the molecule is O=S(O)O[C@H]1[C@H](OS(=O)(=O)O)[C@@H](OS(=O)(=O)O)[C@H](OC[C@@H](OS(=O)(=O)O)[C@@H](OS(=O)(=O)O)[C@H](OS(=O)(=O)O)[C@H](COS(=O)(=O)O)OS(=O)(=O)O)O[C@@H]1COS(=O)(=O)O. The average molecular weight is 1050 g/mol. The molecule has 1 aliphatic heterocycles. The van der Waals surface area contributed by atoms with Gasteiger partial charge in [-0.3, -0.25) is 45.2 Å². The molecule has 46 heteroatoms. The van der Waals surface area contributed by atoms with Gasteiger partial charge in [0.25, 0.3) is 0 Å². The molecule has 0 radical (unpaired) electrons. The Hall–Kier alpha value is -1.05. The van der Waals surface area contributed by atoms with E-state index in [2.05, 4.69) is 37.6 Å². The van der Waals surface area contributed by atoms with Crippen LogP contribution in [-0.2, 0) is 142 Å². The Morgan fingerprint density at radius 2 is 0.862 bits per heavy atom. The quantitative estimate of drug-likeness (QED) is 0.0287. The summed E-state index contributed by atoms with van der Waals surface area (Å²) in [4.78, 5) is 0. The molecule has 0 amide bonds. The van der Waals surface area contributed by atoms with Crippen LogP contribution < -0.4 is 0 Å². The third kappa shape index (κ3) is 23.8. The summed E-state index contributed by atoms with van der Waals surface area (Å²) in [6.07, 6.45) is -29.6. The molecule has 0 saturated carbocycles. The van der Waals surface area contributed by atoms with Crippen molar-refractivity contribution >= 4 is 94.6 Å². The van der Waals surface area contributed by atoms with E-state index in [0.29, 0.717) is 0 Å². The zero-order valence-electron chi connectivity index (χ0n) is 26.4. The van der Waals surface area contributed by atoms with Crippen LogP contribution in [0.4, 0.5) is 0 Å². The van der Waals surface area contributed by atoms with Crippen LogP contribution in [-0.4, -0.2) is 187 Å². The van der Waals surface area contributed by atoms with E-state index in [9.17, 15) is 98.9 Å². The van der Waals surface area contributed by atoms with Crippen molar-refractivity contribution in [3.05, 3.63) is 0 Å². The first-order valence-electron chi connectivity index (χ1n) is 12.8. The first-order chi connectivity index (χ1) is 25.5. The topological polar surface area (TPSA) is 574 Å². The van der Waals surface area contributed by atoms with Gasteiger partial charge in [-0.05, 0) is 0 Å². The van der Waals surface area contributed by atoms with Crippen LogP contribution in [0.3, 0.4) is 0 Å². The Bertz CT molecular complexity index is 2330. The van der Waals surface area contributed by atoms with Crippen molar-refractivity contribution in [1.29, 1.82) is 0 Å². The molecule has 0 spiro atoms. The lowest BCUT2D eigenvalue weighted by Gasteiger charge is -2.43. The van der Waals surface area contributed by atoms with Crippen LogP contribution in [0.1, 0.15) is 0 Å². The van der Waals surface area contributed by atoms with E-state index in [-0.39, 0.29) is 0 Å². The molecule has 1 rings (SSSR count). The third-order valence-corrected chi connectivity index (χ3v) is 9.55. The van der Waals surface area contributed by atoms with E-state index in [1.807, 2.05) is 0 Å². The largest absolute Gasteiger partial charge is 0.397 e. The van der Waals surface area contributed by atoms with E-state index in [4.69, 9.17) is 23.1 Å². The van der Waals surface area contributed by atoms with Crippen LogP contribution >= 0.6 is 0 Å². The molecule has 1 heterocycles. The Labute approximate surface area is 327 Å². The third-order valence-electron chi connectivity index (χ3n) is 5.45. The molecular formula is C12H24O37S9. The second kappa shape index (κ2) is 20.4. The highest BCUT2D eigenvalue weighted by atomic mass is 32.3. The van der Waals surface area contributed by atoms with Crippen molar-refractivity contribution in [2.75, 3.05) is 19.8 Å². The van der Waals surface area contributed by atoms with Crippen LogP contribution in [0, 0.1) is 0 Å². The molecular weight excluding hydrogens is 1020 g/mol. The van der Waals surface area contributed by atoms with Gasteiger partial charge in [0.15, 0.2) is 12.4 Å². The first kappa shape index (κ1) is 55.0. The van der Waals surface area contributed by atoms with E-state index >= 15 is 0 Å². The minimum atomic E-state index is -6.39. The first-order valence-corrected chi connectivity index (χ1v) is 24.7. The molecule has 1 unspecified atom stereocenters. The predicted molar refractivity (Wildman–Crippen MR) is 164 cm³/mol. The van der Waals surface area contributed by atoms with Gasteiger partial charge in [0.2, 0.25) is 0 Å². The standard InChI is InChI=1S/C12H24O37S9/c13-50(14)43-7-4(2-40-51(15,16)17)42-12(11(49-58(36,37)38)10(7)48-57(33,34)35)39-1-5(44-53(21,22)23)8(46-55(27,28)29)9(47-56(30,31)32)6(45-54(24,25)26)3-41-52(18,19)20/h4-12H,1-3H2,(H,13,14)(H,15,16,17)(H,18,19,20)(H,21,22,23)(H,24,25,26)(H,27,28,29)(H,30,31,32)(H,33,34,35)(H,36,37,38)/t4-,5-,6+,7-,8-,9-,10+,11-,12-/m1/s1. The summed E-state index contributed by atoms with van der Waals surface area (Å²) >= 11 is -3.72. The summed E-state index contributed by atoms with van der Waals surface area (Å²) in [5.74, 6) is 0. The maximum absolute atomic E-state index is 11.8. The maximum atomic E-state index is 11.8. The summed E-state index contributed by atoms with van der Waals surface area (Å²) in [6, 6.07) is 0. The zero-order valence-corrected chi connectivity index (χ0v) is 33.8. The van der Waals surface area contributed by atoms with Gasteiger partial charge >= 0.3 is 94.6 Å². The molecule has 1 fully saturated rings. The molecule has 0 aliphatic carbocycles. The van der Waals surface area contributed by atoms with Crippen LogP contribution in [0.25, 0.3) is 0 Å². The molecule has 0 aromatic heterocycles. The zero-order chi connectivity index (χ0) is 45.7. The van der Waals surface area contributed by atoms with Crippen LogP contribution in [0.15, 0.2) is 0 Å². The number of hydrogen-bond acceptors (Lipinski definition) is 28. The lowest BCUT2D eigenvalue weighted by Crippen LogP contribution is -2.63. The van der Waals surface area contributed by atoms with E-state index in [1.165, 1.54) is 0 Å². The van der Waals surface area contributed by atoms with Crippen molar-refractivity contribution in [3.63, 3.8) is 0 Å². The smallest absolute Gasteiger partial charge is 0.347 e. The highest BCUT2D eigenvalue weighted by Crippen LogP contribution is 2.33. The highest BCUT2D eigenvalue weighted by Gasteiger charge is 2.55. The van der Waals surface area contributed by atoms with Gasteiger partial charge in [0, 0.05) is 0 Å². The summed E-state index contributed by atoms with van der Waals surface area (Å²) in [5, 5.41) is 0. The summed E-state index contributed by atoms with van der Waals surface area (Å²) in [6.45, 7) is -6.35. The van der Waals surface area contributed by atoms with Crippen LogP contribution in [0.5, 0.6) is 0 Å². The minimum Gasteiger partial charge on any atom is -0.347 e. The van der Waals surface area contributed by atoms with E-state index < -0.39 is 169 Å². The van der Waals surface area contributed by atoms with Gasteiger partial charge in [-0.15, -0.1) is 0 Å². The molecule has 0 bridgehead atoms. The monoisotopic (exact) mass is 1050 g/mol. The Morgan fingerprint density at radius 3 is 1.21 bits per heavy atom. The lowest BCUT2D eigenvalue weighted by atomic mass is 9.99. The minimum absolute atomic E-state index is 1.81. The fourth-order valence-electron chi connectivity index (χ4n) is 3.95. The van der Waals surface area contributed by atoms with Gasteiger partial charge in [0.1, 0.15) is 42.7 Å². The molecule has 0 aromatic rings. The van der Waals surface area contributed by atoms with Gasteiger partial charge in [-0.2, -0.15) is 71.6 Å². The van der Waals surface area contributed by atoms with Crippen molar-refractivity contribution < 1.29 is 160 Å². The van der Waals surface area contributed by atoms with Gasteiger partial charge in [0.05, 0.1) is 19.8 Å². The maximum Gasteiger partial charge on any atom is 0.397 e. The normalized spacial score (nSPS) is 24.7. The summed E-state index contributed by atoms with van der Waals surface area (Å²) in [7, 11) is -48.9. The second-order valence-corrected chi connectivity index (χ2v) is 18.8. The summed E-state index contributed by atoms with van der Waals surface area (Å²) in [5.41, 5.74) is 0. The Balaban J connectivity index is 4.20. The van der Waals surface area contributed by atoms with E-state index in [0.717, 1.165) is 0 Å². The fraction of sp³-hybridized carbons (Fsp3) is 1.00. The Morgan fingerprint density at radius 1 is 0.483 bits per heavy atom. The second-order valence-electron chi connectivity index (χ2n) is 9.66. The van der Waals surface area contributed by atoms with Gasteiger partial charge in [-0.25, -0.2) is 33.5 Å². The number of ether oxygens (including phenoxy) is 2. The predicted octanol–water partition coefficient (Wildman–Crippen LogP) is -6.98. The number of hydrogen-bond donors (Lipinski definition) is 9. The van der Waals surface area contributed by atoms with E-state index in [1.54, 1.807) is 0 Å². The molecule has 1 saturated heterocycles. The Kier molecular flexibility index (Phi) is 19.4. The molecule has 1 aliphatic rings. The van der Waals surface area contributed by atoms with Gasteiger partial charge < -0.3 is 9.47 Å². The molecule has 58 heavy (non-hydrogen) atoms.